The average molecular weight is 325 g/mol. The molecule has 1 heterocycles. The Bertz CT molecular complexity index is 482. The third kappa shape index (κ3) is 5.09. The molecule has 1 aromatic rings. The molecule has 0 spiro atoms. The van der Waals surface area contributed by atoms with Crippen LogP contribution < -0.4 is 15.4 Å². The van der Waals surface area contributed by atoms with E-state index in [1.165, 1.54) is 6.07 Å². The summed E-state index contributed by atoms with van der Waals surface area (Å²) in [5, 5.41) is 5.61. The molecular weight excluding hydrogens is 309 g/mol. The van der Waals surface area contributed by atoms with E-state index in [0.29, 0.717) is 0 Å². The van der Waals surface area contributed by atoms with Crippen LogP contribution >= 0.6 is 12.4 Å². The zero-order valence-corrected chi connectivity index (χ0v) is 11.9. The van der Waals surface area contributed by atoms with Crippen LogP contribution in [-0.4, -0.2) is 25.1 Å². The molecule has 2 N–H and O–H groups in total. The Morgan fingerprint density at radius 1 is 1.38 bits per heavy atom. The van der Waals surface area contributed by atoms with E-state index in [2.05, 4.69) is 15.4 Å². The number of carbonyl (C=O) groups is 1. The predicted molar refractivity (Wildman–Crippen MR) is 74.6 cm³/mol. The van der Waals surface area contributed by atoms with Gasteiger partial charge in [0.2, 0.25) is 5.91 Å². The largest absolute Gasteiger partial charge is 0.432 e. The van der Waals surface area contributed by atoms with E-state index in [1.54, 1.807) is 0 Å². The number of benzene rings is 1. The van der Waals surface area contributed by atoms with Crippen LogP contribution in [0.1, 0.15) is 19.3 Å². The number of anilines is 1. The van der Waals surface area contributed by atoms with Gasteiger partial charge in [-0.05, 0) is 31.5 Å². The summed E-state index contributed by atoms with van der Waals surface area (Å²) in [5.74, 6) is -1.75. The maximum absolute atomic E-state index is 13.5. The summed E-state index contributed by atoms with van der Waals surface area (Å²) in [6.07, 6.45) is 2.71. The van der Waals surface area contributed by atoms with Gasteiger partial charge in [-0.2, -0.15) is 8.78 Å². The highest BCUT2D eigenvalue weighted by atomic mass is 35.5. The van der Waals surface area contributed by atoms with Gasteiger partial charge in [0.25, 0.3) is 0 Å². The summed E-state index contributed by atoms with van der Waals surface area (Å²) in [5.41, 5.74) is 0.210. The number of rotatable bonds is 4. The van der Waals surface area contributed by atoms with Gasteiger partial charge in [0, 0.05) is 11.8 Å². The minimum Gasteiger partial charge on any atom is -0.432 e. The first-order valence-corrected chi connectivity index (χ1v) is 6.35. The Morgan fingerprint density at radius 2 is 2.14 bits per heavy atom. The molecular formula is C13H16ClF3N2O2. The van der Waals surface area contributed by atoms with Crippen LogP contribution in [0.25, 0.3) is 0 Å². The Balaban J connectivity index is 0.00000220. The summed E-state index contributed by atoms with van der Waals surface area (Å²) >= 11 is 0. The normalized spacial score (nSPS) is 18.0. The maximum atomic E-state index is 13.5. The number of amides is 1. The van der Waals surface area contributed by atoms with E-state index >= 15 is 0 Å². The molecule has 1 aliphatic rings. The molecule has 8 heteroatoms. The van der Waals surface area contributed by atoms with Crippen LogP contribution in [-0.2, 0) is 4.79 Å². The van der Waals surface area contributed by atoms with Crippen molar-refractivity contribution in [3.8, 4) is 5.75 Å². The molecule has 21 heavy (non-hydrogen) atoms. The Kier molecular flexibility index (Phi) is 6.77. The van der Waals surface area contributed by atoms with Crippen molar-refractivity contribution in [1.82, 2.24) is 5.32 Å². The second kappa shape index (κ2) is 8.09. The first-order chi connectivity index (χ1) is 9.56. The van der Waals surface area contributed by atoms with Crippen molar-refractivity contribution < 1.29 is 22.7 Å². The van der Waals surface area contributed by atoms with Crippen LogP contribution in [0, 0.1) is 5.82 Å². The Hall–Kier alpha value is -1.47. The number of alkyl halides is 2. The highest BCUT2D eigenvalue weighted by Gasteiger charge is 2.20. The van der Waals surface area contributed by atoms with Gasteiger partial charge in [-0.1, -0.05) is 6.42 Å². The van der Waals surface area contributed by atoms with E-state index in [1.807, 2.05) is 0 Å². The molecule has 0 unspecified atom stereocenters. The highest BCUT2D eigenvalue weighted by Crippen LogP contribution is 2.23. The first-order valence-electron chi connectivity index (χ1n) is 6.35. The molecule has 0 bridgehead atoms. The van der Waals surface area contributed by atoms with Crippen molar-refractivity contribution in [1.29, 1.82) is 0 Å². The van der Waals surface area contributed by atoms with E-state index in [0.717, 1.165) is 37.9 Å². The van der Waals surface area contributed by atoms with Gasteiger partial charge in [0.15, 0.2) is 11.6 Å². The molecule has 1 fully saturated rings. The molecule has 0 aromatic heterocycles. The van der Waals surface area contributed by atoms with Crippen LogP contribution in [0.5, 0.6) is 5.75 Å². The summed E-state index contributed by atoms with van der Waals surface area (Å²) in [6.45, 7) is -2.32. The number of carbonyl (C=O) groups excluding carboxylic acids is 1. The molecule has 1 aliphatic heterocycles. The number of halogens is 4. The summed E-state index contributed by atoms with van der Waals surface area (Å²) in [7, 11) is 0. The molecule has 0 saturated carbocycles. The van der Waals surface area contributed by atoms with Crippen molar-refractivity contribution in [2.24, 2.45) is 0 Å². The standard InChI is InChI=1S/C13H15F3N2O2.ClH/c14-9-7-8(4-5-11(9)20-13(15)16)18-12(19)10-3-1-2-6-17-10;/h4-5,7,10,13,17H,1-3,6H2,(H,18,19);1H/t10-;/m1./s1. The lowest BCUT2D eigenvalue weighted by Gasteiger charge is -2.22. The molecule has 1 aromatic carbocycles. The molecule has 0 radical (unpaired) electrons. The van der Waals surface area contributed by atoms with Gasteiger partial charge in [0.1, 0.15) is 0 Å². The number of nitrogens with one attached hydrogen (secondary N) is 2. The molecule has 1 atom stereocenters. The van der Waals surface area contributed by atoms with E-state index in [-0.39, 0.29) is 30.0 Å². The smallest absolute Gasteiger partial charge is 0.387 e. The molecule has 1 amide bonds. The van der Waals surface area contributed by atoms with Crippen LogP contribution in [0.15, 0.2) is 18.2 Å². The molecule has 118 valence electrons. The monoisotopic (exact) mass is 324 g/mol. The van der Waals surface area contributed by atoms with E-state index < -0.39 is 18.2 Å². The van der Waals surface area contributed by atoms with Crippen molar-refractivity contribution >= 4 is 24.0 Å². The number of ether oxygens (including phenoxy) is 1. The summed E-state index contributed by atoms with van der Waals surface area (Å²) in [4.78, 5) is 11.9. The number of hydrogen-bond donors (Lipinski definition) is 2. The van der Waals surface area contributed by atoms with Gasteiger partial charge in [-0.25, -0.2) is 4.39 Å². The average Bonchev–Trinajstić information content (AvgIpc) is 2.42. The third-order valence-electron chi connectivity index (χ3n) is 3.04. The van der Waals surface area contributed by atoms with Crippen molar-refractivity contribution in [3.05, 3.63) is 24.0 Å². The molecule has 2 rings (SSSR count). The topological polar surface area (TPSA) is 50.4 Å². The zero-order chi connectivity index (χ0) is 14.5. The molecule has 4 nitrogen and oxygen atoms in total. The number of piperidine rings is 1. The fourth-order valence-corrected chi connectivity index (χ4v) is 2.08. The lowest BCUT2D eigenvalue weighted by Crippen LogP contribution is -2.43. The van der Waals surface area contributed by atoms with Gasteiger partial charge in [-0.3, -0.25) is 4.79 Å². The maximum Gasteiger partial charge on any atom is 0.387 e. The lowest BCUT2D eigenvalue weighted by molar-refractivity contribution is -0.118. The predicted octanol–water partition coefficient (Wildman–Crippen LogP) is 2.93. The first kappa shape index (κ1) is 17.6. The van der Waals surface area contributed by atoms with Crippen molar-refractivity contribution in [2.75, 3.05) is 11.9 Å². The highest BCUT2D eigenvalue weighted by molar-refractivity contribution is 5.94. The van der Waals surface area contributed by atoms with E-state index in [4.69, 9.17) is 0 Å². The van der Waals surface area contributed by atoms with E-state index in [9.17, 15) is 18.0 Å². The second-order valence-electron chi connectivity index (χ2n) is 4.52. The fraction of sp³-hybridized carbons (Fsp3) is 0.462. The molecule has 1 saturated heterocycles. The van der Waals surface area contributed by atoms with Crippen molar-refractivity contribution in [3.63, 3.8) is 0 Å². The summed E-state index contributed by atoms with van der Waals surface area (Å²) in [6, 6.07) is 3.04. The minimum absolute atomic E-state index is 0. The van der Waals surface area contributed by atoms with Crippen LogP contribution in [0.2, 0.25) is 0 Å². The van der Waals surface area contributed by atoms with Gasteiger partial charge < -0.3 is 15.4 Å². The zero-order valence-electron chi connectivity index (χ0n) is 11.1. The van der Waals surface area contributed by atoms with Crippen LogP contribution in [0.3, 0.4) is 0 Å². The SMILES string of the molecule is Cl.O=C(Nc1ccc(OC(F)F)c(F)c1)[C@H]1CCCCN1. The van der Waals surface area contributed by atoms with Crippen molar-refractivity contribution in [2.45, 2.75) is 31.9 Å². The minimum atomic E-state index is -3.09. The quantitative estimate of drug-likeness (QED) is 0.895. The van der Waals surface area contributed by atoms with Crippen LogP contribution in [0.4, 0.5) is 18.9 Å². The number of hydrogen-bond acceptors (Lipinski definition) is 3. The van der Waals surface area contributed by atoms with Gasteiger partial charge >= 0.3 is 6.61 Å². The molecule has 0 aliphatic carbocycles. The van der Waals surface area contributed by atoms with Gasteiger partial charge in [-0.15, -0.1) is 12.4 Å². The third-order valence-corrected chi connectivity index (χ3v) is 3.04. The second-order valence-corrected chi connectivity index (χ2v) is 4.52. The Labute approximate surface area is 126 Å². The lowest BCUT2D eigenvalue weighted by atomic mass is 10.0. The van der Waals surface area contributed by atoms with Gasteiger partial charge in [0.05, 0.1) is 6.04 Å². The Morgan fingerprint density at radius 3 is 2.71 bits per heavy atom. The summed E-state index contributed by atoms with van der Waals surface area (Å²) < 4.78 is 41.4. The fourth-order valence-electron chi connectivity index (χ4n) is 2.08.